The number of aromatic nitrogens is 1. The molecule has 0 saturated heterocycles. The molecule has 0 saturated carbocycles. The smallest absolute Gasteiger partial charge is 0.0552 e. The van der Waals surface area contributed by atoms with Gasteiger partial charge in [0, 0.05) is 62.2 Å². The summed E-state index contributed by atoms with van der Waals surface area (Å²) < 4.78 is 2.72. The standard InChI is InChI=1S/C36H21NS2/c1-3-11-21(12-4-1)29-19-27-31-32-28-20-30(22-13-5-2-6-14-22)39-36(28)26-18-10-8-16-24(26)34(32)37-33(31)23-15-7-9-17-25(23)35(27)38-29/h1-20,37H. The molecule has 0 spiro atoms. The molecule has 6 aromatic carbocycles. The van der Waals surface area contributed by atoms with E-state index in [1.165, 1.54) is 84.4 Å². The molecule has 0 unspecified atom stereocenters. The predicted octanol–water partition coefficient (Wildman–Crippen LogP) is 11.4. The molecule has 0 aliphatic heterocycles. The summed E-state index contributed by atoms with van der Waals surface area (Å²) in [5, 5.41) is 10.5. The number of thiophene rings is 2. The van der Waals surface area contributed by atoms with Crippen molar-refractivity contribution in [1.29, 1.82) is 0 Å². The second kappa shape index (κ2) is 8.03. The average Bonchev–Trinajstić information content (AvgIpc) is 3.74. The van der Waals surface area contributed by atoms with Crippen LogP contribution < -0.4 is 0 Å². The van der Waals surface area contributed by atoms with Crippen LogP contribution in [0.15, 0.2) is 121 Å². The molecule has 3 heterocycles. The van der Waals surface area contributed by atoms with Crippen LogP contribution in [0.3, 0.4) is 0 Å². The second-order valence-corrected chi connectivity index (χ2v) is 12.3. The van der Waals surface area contributed by atoms with Crippen LogP contribution >= 0.6 is 22.7 Å². The maximum atomic E-state index is 3.96. The lowest BCUT2D eigenvalue weighted by atomic mass is 9.98. The highest BCUT2D eigenvalue weighted by molar-refractivity contribution is 7.24. The normalized spacial score (nSPS) is 12.1. The minimum Gasteiger partial charge on any atom is -0.353 e. The third kappa shape index (κ3) is 3.00. The van der Waals surface area contributed by atoms with Gasteiger partial charge in [-0.2, -0.15) is 0 Å². The Morgan fingerprint density at radius 2 is 0.769 bits per heavy atom. The first-order chi connectivity index (χ1) is 19.3. The van der Waals surface area contributed by atoms with Crippen LogP contribution in [0, 0.1) is 0 Å². The van der Waals surface area contributed by atoms with E-state index in [4.69, 9.17) is 0 Å². The molecular formula is C36H21NS2. The summed E-state index contributed by atoms with van der Waals surface area (Å²) in [6, 6.07) is 44.2. The zero-order valence-corrected chi connectivity index (χ0v) is 22.5. The Balaban J connectivity index is 1.53. The van der Waals surface area contributed by atoms with E-state index in [-0.39, 0.29) is 0 Å². The monoisotopic (exact) mass is 531 g/mol. The number of hydrogen-bond donors (Lipinski definition) is 1. The fourth-order valence-corrected chi connectivity index (χ4v) is 8.70. The molecule has 9 aromatic rings. The SMILES string of the molecule is c1ccc(-c2cc3c(s2)c2ccccc2c2[nH]c4c5ccccc5c5sc(-c6ccccc6)cc5c4c32)cc1. The lowest BCUT2D eigenvalue weighted by molar-refractivity contribution is 1.59. The van der Waals surface area contributed by atoms with Gasteiger partial charge in [0.2, 0.25) is 0 Å². The highest BCUT2D eigenvalue weighted by Crippen LogP contribution is 2.50. The Kier molecular flexibility index (Phi) is 4.43. The molecule has 0 radical (unpaired) electrons. The zero-order valence-electron chi connectivity index (χ0n) is 20.9. The lowest BCUT2D eigenvalue weighted by Crippen LogP contribution is -1.77. The van der Waals surface area contributed by atoms with E-state index in [0.717, 1.165) is 0 Å². The summed E-state index contributed by atoms with van der Waals surface area (Å²) in [5.41, 5.74) is 5.01. The van der Waals surface area contributed by atoms with Gasteiger partial charge in [-0.15, -0.1) is 22.7 Å². The topological polar surface area (TPSA) is 15.8 Å². The van der Waals surface area contributed by atoms with Gasteiger partial charge in [0.25, 0.3) is 0 Å². The van der Waals surface area contributed by atoms with Gasteiger partial charge in [-0.1, -0.05) is 109 Å². The van der Waals surface area contributed by atoms with Gasteiger partial charge in [-0.05, 0) is 23.3 Å². The van der Waals surface area contributed by atoms with Crippen molar-refractivity contribution in [2.24, 2.45) is 0 Å². The molecule has 3 heteroatoms. The summed E-state index contributed by atoms with van der Waals surface area (Å²) in [4.78, 5) is 6.58. The number of H-pyrrole nitrogens is 1. The van der Waals surface area contributed by atoms with Crippen molar-refractivity contribution in [3.05, 3.63) is 121 Å². The maximum absolute atomic E-state index is 3.96. The van der Waals surface area contributed by atoms with E-state index in [2.05, 4.69) is 126 Å². The van der Waals surface area contributed by atoms with Crippen LogP contribution in [0.4, 0.5) is 0 Å². The van der Waals surface area contributed by atoms with Gasteiger partial charge in [0.15, 0.2) is 0 Å². The summed E-state index contributed by atoms with van der Waals surface area (Å²) in [5.74, 6) is 0. The van der Waals surface area contributed by atoms with Crippen LogP contribution in [0.1, 0.15) is 0 Å². The largest absolute Gasteiger partial charge is 0.353 e. The lowest BCUT2D eigenvalue weighted by Gasteiger charge is -2.04. The molecule has 0 fully saturated rings. The van der Waals surface area contributed by atoms with Crippen molar-refractivity contribution >= 4 is 86.2 Å². The van der Waals surface area contributed by atoms with Crippen LogP contribution in [-0.2, 0) is 0 Å². The fourth-order valence-electron chi connectivity index (χ4n) is 6.28. The third-order valence-corrected chi connectivity index (χ3v) is 10.4. The minimum absolute atomic E-state index is 1.23. The molecule has 0 amide bonds. The van der Waals surface area contributed by atoms with E-state index >= 15 is 0 Å². The van der Waals surface area contributed by atoms with Crippen LogP contribution in [0.5, 0.6) is 0 Å². The number of aromatic amines is 1. The first-order valence-electron chi connectivity index (χ1n) is 13.2. The Labute approximate surface area is 232 Å². The van der Waals surface area contributed by atoms with Crippen LogP contribution in [0.25, 0.3) is 84.4 Å². The highest BCUT2D eigenvalue weighted by atomic mass is 32.1. The fraction of sp³-hybridized carbons (Fsp3) is 0. The van der Waals surface area contributed by atoms with Crippen LogP contribution in [0.2, 0.25) is 0 Å². The number of benzene rings is 6. The number of hydrogen-bond acceptors (Lipinski definition) is 2. The van der Waals surface area contributed by atoms with E-state index in [9.17, 15) is 0 Å². The van der Waals surface area contributed by atoms with Gasteiger partial charge >= 0.3 is 0 Å². The van der Waals surface area contributed by atoms with Crippen molar-refractivity contribution in [3.63, 3.8) is 0 Å². The molecule has 3 aromatic heterocycles. The second-order valence-electron chi connectivity index (χ2n) is 10.2. The number of nitrogens with one attached hydrogen (secondary N) is 1. The summed E-state index contributed by atoms with van der Waals surface area (Å²) >= 11 is 3.81. The summed E-state index contributed by atoms with van der Waals surface area (Å²) in [6.45, 7) is 0. The maximum Gasteiger partial charge on any atom is 0.0552 e. The Morgan fingerprint density at radius 1 is 0.385 bits per heavy atom. The molecule has 182 valence electrons. The average molecular weight is 532 g/mol. The summed E-state index contributed by atoms with van der Waals surface area (Å²) in [6.07, 6.45) is 0. The predicted molar refractivity (Wildman–Crippen MR) is 172 cm³/mol. The molecule has 0 atom stereocenters. The van der Waals surface area contributed by atoms with Crippen molar-refractivity contribution in [2.45, 2.75) is 0 Å². The number of fused-ring (bicyclic) bond motifs is 13. The van der Waals surface area contributed by atoms with Gasteiger partial charge < -0.3 is 4.98 Å². The molecule has 39 heavy (non-hydrogen) atoms. The van der Waals surface area contributed by atoms with Crippen molar-refractivity contribution in [3.8, 4) is 20.9 Å². The molecule has 1 N–H and O–H groups in total. The number of rotatable bonds is 2. The van der Waals surface area contributed by atoms with Crippen molar-refractivity contribution in [2.75, 3.05) is 0 Å². The summed E-state index contributed by atoms with van der Waals surface area (Å²) in [7, 11) is 0. The molecule has 1 nitrogen and oxygen atoms in total. The Bertz CT molecular complexity index is 2200. The molecule has 0 aliphatic carbocycles. The Morgan fingerprint density at radius 3 is 1.21 bits per heavy atom. The molecule has 9 rings (SSSR count). The van der Waals surface area contributed by atoms with Gasteiger partial charge in [0.1, 0.15) is 0 Å². The highest BCUT2D eigenvalue weighted by Gasteiger charge is 2.21. The molecule has 0 aliphatic rings. The molecule has 0 bridgehead atoms. The van der Waals surface area contributed by atoms with E-state index in [1.807, 2.05) is 22.7 Å². The van der Waals surface area contributed by atoms with E-state index < -0.39 is 0 Å². The first kappa shape index (κ1) is 21.5. The van der Waals surface area contributed by atoms with Crippen molar-refractivity contribution in [1.82, 2.24) is 4.98 Å². The van der Waals surface area contributed by atoms with Gasteiger partial charge in [-0.3, -0.25) is 0 Å². The van der Waals surface area contributed by atoms with Gasteiger partial charge in [-0.25, -0.2) is 0 Å². The Hall–Kier alpha value is -4.44. The minimum atomic E-state index is 1.23. The van der Waals surface area contributed by atoms with Crippen molar-refractivity contribution < 1.29 is 0 Å². The third-order valence-electron chi connectivity index (χ3n) is 8.00. The zero-order chi connectivity index (χ0) is 25.5. The van der Waals surface area contributed by atoms with E-state index in [1.54, 1.807) is 0 Å². The van der Waals surface area contributed by atoms with Crippen LogP contribution in [-0.4, -0.2) is 4.98 Å². The van der Waals surface area contributed by atoms with E-state index in [0.29, 0.717) is 0 Å². The van der Waals surface area contributed by atoms with Gasteiger partial charge in [0.05, 0.1) is 11.0 Å². The quantitative estimate of drug-likeness (QED) is 0.228. The molecular weight excluding hydrogens is 511 g/mol. The first-order valence-corrected chi connectivity index (χ1v) is 14.8.